The minimum absolute atomic E-state index is 0.132. The van der Waals surface area contributed by atoms with Gasteiger partial charge in [-0.15, -0.1) is 0 Å². The normalized spacial score (nSPS) is 15.4. The fourth-order valence-electron chi connectivity index (χ4n) is 1.78. The van der Waals surface area contributed by atoms with Crippen molar-refractivity contribution in [1.29, 1.82) is 0 Å². The first-order valence-electron chi connectivity index (χ1n) is 5.75. The highest BCUT2D eigenvalue weighted by Crippen LogP contribution is 2.29. The maximum Gasteiger partial charge on any atom is 0.341 e. The van der Waals surface area contributed by atoms with E-state index in [4.69, 9.17) is 22.1 Å². The van der Waals surface area contributed by atoms with Crippen LogP contribution in [-0.2, 0) is 4.74 Å². The molecule has 2 N–H and O–H groups in total. The zero-order valence-corrected chi connectivity index (χ0v) is 10.2. The van der Waals surface area contributed by atoms with E-state index in [2.05, 4.69) is 4.98 Å². The van der Waals surface area contributed by atoms with Gasteiger partial charge < -0.3 is 10.5 Å². The minimum atomic E-state index is -0.450. The van der Waals surface area contributed by atoms with Crippen LogP contribution in [0.5, 0.6) is 0 Å². The topological polar surface area (TPSA) is 65.2 Å². The van der Waals surface area contributed by atoms with E-state index in [1.807, 2.05) is 0 Å². The average Bonchev–Trinajstić information content (AvgIpc) is 2.25. The molecule has 1 aromatic rings. The summed E-state index contributed by atoms with van der Waals surface area (Å²) in [6.07, 6.45) is 6.13. The van der Waals surface area contributed by atoms with E-state index in [0.717, 1.165) is 12.3 Å². The molecule has 1 aliphatic rings. The number of esters is 1. The van der Waals surface area contributed by atoms with Crippen LogP contribution >= 0.6 is 11.6 Å². The Kier molecular flexibility index (Phi) is 3.84. The van der Waals surface area contributed by atoms with Gasteiger partial charge in [0.1, 0.15) is 5.15 Å². The summed E-state index contributed by atoms with van der Waals surface area (Å²) in [5.74, 6) is 0.270. The molecule has 2 rings (SSSR count). The number of hydrogen-bond donors (Lipinski definition) is 1. The molecule has 0 bridgehead atoms. The van der Waals surface area contributed by atoms with E-state index in [0.29, 0.717) is 12.3 Å². The number of carbonyl (C=O) groups is 1. The second-order valence-corrected chi connectivity index (χ2v) is 4.69. The van der Waals surface area contributed by atoms with Crippen molar-refractivity contribution in [3.05, 3.63) is 23.0 Å². The fraction of sp³-hybridized carbons (Fsp3) is 0.500. The Hall–Kier alpha value is -1.29. The first-order valence-corrected chi connectivity index (χ1v) is 6.13. The summed E-state index contributed by atoms with van der Waals surface area (Å²) < 4.78 is 5.15. The summed E-state index contributed by atoms with van der Waals surface area (Å²) >= 11 is 5.80. The molecule has 0 radical (unpaired) electrons. The lowest BCUT2D eigenvalue weighted by Crippen LogP contribution is -2.16. The third-order valence-electron chi connectivity index (χ3n) is 3.06. The number of pyridine rings is 1. The van der Waals surface area contributed by atoms with Crippen LogP contribution in [0.1, 0.15) is 36.0 Å². The number of halogens is 1. The van der Waals surface area contributed by atoms with Crippen LogP contribution in [0.15, 0.2) is 12.3 Å². The molecule has 17 heavy (non-hydrogen) atoms. The summed E-state index contributed by atoms with van der Waals surface area (Å²) in [7, 11) is 0. The van der Waals surface area contributed by atoms with Crippen molar-refractivity contribution in [2.24, 2.45) is 5.92 Å². The predicted molar refractivity (Wildman–Crippen MR) is 65.9 cm³/mol. The molecule has 0 aliphatic heterocycles. The first kappa shape index (κ1) is 12.2. The van der Waals surface area contributed by atoms with Gasteiger partial charge >= 0.3 is 5.97 Å². The van der Waals surface area contributed by atoms with E-state index in [-0.39, 0.29) is 10.7 Å². The van der Waals surface area contributed by atoms with Gasteiger partial charge in [-0.3, -0.25) is 0 Å². The highest BCUT2D eigenvalue weighted by molar-refractivity contribution is 6.32. The van der Waals surface area contributed by atoms with Crippen molar-refractivity contribution >= 4 is 23.3 Å². The van der Waals surface area contributed by atoms with E-state index in [9.17, 15) is 4.79 Å². The SMILES string of the molecule is Nc1cnc(Cl)c(C(=O)OCCC2CCC2)c1. The standard InChI is InChI=1S/C12H15ClN2O2/c13-11-10(6-9(14)7-15-11)12(16)17-5-4-8-2-1-3-8/h6-8H,1-5,14H2. The average molecular weight is 255 g/mol. The van der Waals surface area contributed by atoms with Gasteiger partial charge in [-0.25, -0.2) is 9.78 Å². The largest absolute Gasteiger partial charge is 0.462 e. The first-order chi connectivity index (χ1) is 8.16. The van der Waals surface area contributed by atoms with Crippen molar-refractivity contribution in [3.63, 3.8) is 0 Å². The highest BCUT2D eigenvalue weighted by atomic mass is 35.5. The van der Waals surface area contributed by atoms with E-state index in [1.54, 1.807) is 0 Å². The molecule has 1 aromatic heterocycles. The van der Waals surface area contributed by atoms with Gasteiger partial charge in [0.2, 0.25) is 0 Å². The lowest BCUT2D eigenvalue weighted by molar-refractivity contribution is 0.0464. The predicted octanol–water partition coefficient (Wildman–Crippen LogP) is 2.66. The molecule has 1 aliphatic carbocycles. The molecule has 4 nitrogen and oxygen atoms in total. The molecule has 0 aromatic carbocycles. The summed E-state index contributed by atoms with van der Waals surface area (Å²) in [4.78, 5) is 15.5. The lowest BCUT2D eigenvalue weighted by Gasteiger charge is -2.24. The van der Waals surface area contributed by atoms with Crippen molar-refractivity contribution in [2.45, 2.75) is 25.7 Å². The van der Waals surface area contributed by atoms with E-state index in [1.165, 1.54) is 31.5 Å². The van der Waals surface area contributed by atoms with Crippen molar-refractivity contribution in [3.8, 4) is 0 Å². The number of ether oxygens (including phenoxy) is 1. The van der Waals surface area contributed by atoms with Gasteiger partial charge in [0.05, 0.1) is 24.1 Å². The summed E-state index contributed by atoms with van der Waals surface area (Å²) in [6.45, 7) is 0.439. The Bertz CT molecular complexity index is 419. The Balaban J connectivity index is 1.87. The molecule has 0 unspecified atom stereocenters. The number of hydrogen-bond acceptors (Lipinski definition) is 4. The number of nitrogens with zero attached hydrogens (tertiary/aromatic N) is 1. The van der Waals surface area contributed by atoms with Crippen LogP contribution in [0.4, 0.5) is 5.69 Å². The van der Waals surface area contributed by atoms with Crippen LogP contribution in [-0.4, -0.2) is 17.6 Å². The zero-order valence-electron chi connectivity index (χ0n) is 9.49. The second-order valence-electron chi connectivity index (χ2n) is 4.33. The van der Waals surface area contributed by atoms with Crippen LogP contribution in [0, 0.1) is 5.92 Å². The van der Waals surface area contributed by atoms with E-state index < -0.39 is 5.97 Å². The Morgan fingerprint density at radius 1 is 1.59 bits per heavy atom. The van der Waals surface area contributed by atoms with Crippen molar-refractivity contribution < 1.29 is 9.53 Å². The highest BCUT2D eigenvalue weighted by Gasteiger charge is 2.18. The summed E-state index contributed by atoms with van der Waals surface area (Å²) in [5, 5.41) is 0.132. The van der Waals surface area contributed by atoms with Crippen molar-refractivity contribution in [1.82, 2.24) is 4.98 Å². The molecule has 0 atom stereocenters. The molecule has 0 saturated heterocycles. The van der Waals surface area contributed by atoms with Gasteiger partial charge in [-0.05, 0) is 18.4 Å². The summed E-state index contributed by atoms with van der Waals surface area (Å²) in [6, 6.07) is 1.49. The van der Waals surface area contributed by atoms with Crippen LogP contribution in [0.3, 0.4) is 0 Å². The quantitative estimate of drug-likeness (QED) is 0.663. The maximum atomic E-state index is 11.7. The van der Waals surface area contributed by atoms with Crippen LogP contribution in [0.25, 0.3) is 0 Å². The lowest BCUT2D eigenvalue weighted by atomic mass is 9.83. The third kappa shape index (κ3) is 3.09. The van der Waals surface area contributed by atoms with Gasteiger partial charge in [0.15, 0.2) is 0 Å². The number of anilines is 1. The Morgan fingerprint density at radius 2 is 2.35 bits per heavy atom. The minimum Gasteiger partial charge on any atom is -0.462 e. The van der Waals surface area contributed by atoms with Gasteiger partial charge in [0.25, 0.3) is 0 Å². The summed E-state index contributed by atoms with van der Waals surface area (Å²) in [5.41, 5.74) is 6.18. The van der Waals surface area contributed by atoms with Gasteiger partial charge in [-0.1, -0.05) is 30.9 Å². The molecule has 1 saturated carbocycles. The molecule has 92 valence electrons. The Morgan fingerprint density at radius 3 is 3.00 bits per heavy atom. The van der Waals surface area contributed by atoms with Crippen LogP contribution in [0.2, 0.25) is 5.15 Å². The molecule has 5 heteroatoms. The molecular weight excluding hydrogens is 240 g/mol. The number of nitrogen functional groups attached to an aromatic ring is 1. The van der Waals surface area contributed by atoms with Crippen molar-refractivity contribution in [2.75, 3.05) is 12.3 Å². The zero-order chi connectivity index (χ0) is 12.3. The van der Waals surface area contributed by atoms with Gasteiger partial charge in [0, 0.05) is 0 Å². The monoisotopic (exact) mass is 254 g/mol. The number of nitrogens with two attached hydrogens (primary N) is 1. The third-order valence-corrected chi connectivity index (χ3v) is 3.37. The Labute approximate surface area is 105 Å². The molecule has 1 fully saturated rings. The number of aromatic nitrogens is 1. The maximum absolute atomic E-state index is 11.7. The van der Waals surface area contributed by atoms with Crippen LogP contribution < -0.4 is 5.73 Å². The molecular formula is C12H15ClN2O2. The molecule has 0 spiro atoms. The van der Waals surface area contributed by atoms with E-state index >= 15 is 0 Å². The van der Waals surface area contributed by atoms with Gasteiger partial charge in [-0.2, -0.15) is 0 Å². The number of carbonyl (C=O) groups excluding carboxylic acids is 1. The second kappa shape index (κ2) is 5.36. The number of rotatable bonds is 4. The fourth-order valence-corrected chi connectivity index (χ4v) is 1.97. The smallest absolute Gasteiger partial charge is 0.341 e. The molecule has 1 heterocycles. The molecule has 0 amide bonds.